The van der Waals surface area contributed by atoms with E-state index in [1.165, 1.54) is 10.4 Å². The minimum absolute atomic E-state index is 0.262. The average Bonchev–Trinajstić information content (AvgIpc) is 3.03. The fourth-order valence-electron chi connectivity index (χ4n) is 3.74. The van der Waals surface area contributed by atoms with Gasteiger partial charge in [-0.15, -0.1) is 11.3 Å². The number of thiophene rings is 1. The van der Waals surface area contributed by atoms with E-state index in [0.717, 1.165) is 45.3 Å². The van der Waals surface area contributed by atoms with E-state index in [-0.39, 0.29) is 18.6 Å². The number of amides is 1. The van der Waals surface area contributed by atoms with Gasteiger partial charge in [-0.3, -0.25) is 9.69 Å². The van der Waals surface area contributed by atoms with E-state index < -0.39 is 0 Å². The van der Waals surface area contributed by atoms with Gasteiger partial charge in [-0.1, -0.05) is 6.92 Å². The lowest BCUT2D eigenvalue weighted by Crippen LogP contribution is -2.46. The molecule has 1 aromatic heterocycles. The van der Waals surface area contributed by atoms with Crippen LogP contribution in [0, 0.1) is 5.92 Å². The molecule has 1 atom stereocenters. The number of fused-ring (bicyclic) bond motifs is 1. The summed E-state index contributed by atoms with van der Waals surface area (Å²) < 4.78 is 0. The maximum absolute atomic E-state index is 12.8. The van der Waals surface area contributed by atoms with Gasteiger partial charge in [0.25, 0.3) is 0 Å². The lowest BCUT2D eigenvalue weighted by molar-refractivity contribution is -0.135. The summed E-state index contributed by atoms with van der Waals surface area (Å²) in [6, 6.07) is 2.46. The van der Waals surface area contributed by atoms with Crippen LogP contribution < -0.4 is 0 Å². The van der Waals surface area contributed by atoms with Gasteiger partial charge in [0.1, 0.15) is 0 Å². The molecule has 0 radical (unpaired) electrons. The van der Waals surface area contributed by atoms with E-state index in [1.807, 2.05) is 11.3 Å². The van der Waals surface area contributed by atoms with Crippen molar-refractivity contribution in [2.24, 2.45) is 5.92 Å². The monoisotopic (exact) mass is 322 g/mol. The number of aliphatic hydroxyl groups excluding tert-OH is 1. The second-order valence-electron chi connectivity index (χ2n) is 6.46. The van der Waals surface area contributed by atoms with E-state index in [9.17, 15) is 9.90 Å². The van der Waals surface area contributed by atoms with Crippen LogP contribution in [0.15, 0.2) is 11.4 Å². The summed E-state index contributed by atoms with van der Waals surface area (Å²) in [6.07, 6.45) is 4.01. The van der Waals surface area contributed by atoms with Gasteiger partial charge in [-0.25, -0.2) is 0 Å². The lowest BCUT2D eigenvalue weighted by atomic mass is 9.96. The topological polar surface area (TPSA) is 43.8 Å². The zero-order valence-electron chi connectivity index (χ0n) is 13.3. The normalized spacial score (nSPS) is 23.5. The Hall–Kier alpha value is -0.910. The van der Waals surface area contributed by atoms with E-state index in [2.05, 4.69) is 28.2 Å². The highest BCUT2D eigenvalue weighted by Gasteiger charge is 2.31. The molecule has 0 spiro atoms. The quantitative estimate of drug-likeness (QED) is 0.925. The molecule has 0 aromatic carbocycles. The third kappa shape index (κ3) is 3.21. The minimum Gasteiger partial charge on any atom is -0.396 e. The van der Waals surface area contributed by atoms with Gasteiger partial charge >= 0.3 is 0 Å². The maximum Gasteiger partial charge on any atom is 0.237 e. The van der Waals surface area contributed by atoms with Crippen LogP contribution in [-0.4, -0.2) is 53.6 Å². The number of likely N-dealkylation sites (tertiary alicyclic amines) is 1. The number of carbonyl (C=O) groups excluding carboxylic acids is 1. The van der Waals surface area contributed by atoms with Crippen LogP contribution in [0.4, 0.5) is 0 Å². The van der Waals surface area contributed by atoms with Crippen molar-refractivity contribution >= 4 is 17.2 Å². The Morgan fingerprint density at radius 1 is 1.36 bits per heavy atom. The molecular weight excluding hydrogens is 296 g/mol. The summed E-state index contributed by atoms with van der Waals surface area (Å²) in [4.78, 5) is 18.6. The largest absolute Gasteiger partial charge is 0.396 e. The molecule has 22 heavy (non-hydrogen) atoms. The molecule has 2 aliphatic rings. The van der Waals surface area contributed by atoms with Crippen molar-refractivity contribution in [2.45, 2.75) is 38.6 Å². The summed E-state index contributed by atoms with van der Waals surface area (Å²) in [7, 11) is 0. The number of hydrogen-bond donors (Lipinski definition) is 1. The fraction of sp³-hybridized carbons (Fsp3) is 0.706. The summed E-state index contributed by atoms with van der Waals surface area (Å²) in [5.41, 5.74) is 1.37. The Bertz CT molecular complexity index is 509. The first-order valence-corrected chi connectivity index (χ1v) is 9.29. The van der Waals surface area contributed by atoms with Crippen molar-refractivity contribution in [2.75, 3.05) is 32.8 Å². The molecule has 0 bridgehead atoms. The molecule has 122 valence electrons. The van der Waals surface area contributed by atoms with Gasteiger partial charge in [0.2, 0.25) is 5.91 Å². The molecule has 1 N–H and O–H groups in total. The summed E-state index contributed by atoms with van der Waals surface area (Å²) in [5.74, 6) is 0.698. The molecule has 0 aliphatic carbocycles. The van der Waals surface area contributed by atoms with E-state index >= 15 is 0 Å². The van der Waals surface area contributed by atoms with E-state index in [0.29, 0.717) is 12.5 Å². The van der Waals surface area contributed by atoms with Crippen molar-refractivity contribution < 1.29 is 9.90 Å². The van der Waals surface area contributed by atoms with Gasteiger partial charge in [0.05, 0.1) is 12.6 Å². The van der Waals surface area contributed by atoms with Crippen LogP contribution >= 0.6 is 11.3 Å². The molecule has 2 aliphatic heterocycles. The van der Waals surface area contributed by atoms with Crippen LogP contribution in [0.5, 0.6) is 0 Å². The Morgan fingerprint density at radius 2 is 2.14 bits per heavy atom. The van der Waals surface area contributed by atoms with Gasteiger partial charge < -0.3 is 10.0 Å². The number of hydrogen-bond acceptors (Lipinski definition) is 4. The van der Waals surface area contributed by atoms with Crippen LogP contribution in [0.1, 0.15) is 42.7 Å². The molecule has 1 aromatic rings. The maximum atomic E-state index is 12.8. The van der Waals surface area contributed by atoms with E-state index in [4.69, 9.17) is 0 Å². The predicted molar refractivity (Wildman–Crippen MR) is 89.0 cm³/mol. The minimum atomic E-state index is 0.262. The molecule has 1 saturated heterocycles. The fourth-order valence-corrected chi connectivity index (χ4v) is 4.67. The smallest absolute Gasteiger partial charge is 0.237 e. The molecule has 0 saturated carbocycles. The van der Waals surface area contributed by atoms with Crippen molar-refractivity contribution in [3.05, 3.63) is 21.9 Å². The highest BCUT2D eigenvalue weighted by molar-refractivity contribution is 7.10. The summed E-state index contributed by atoms with van der Waals surface area (Å²) in [5, 5.41) is 11.4. The Labute approximate surface area is 136 Å². The Kier molecular flexibility index (Phi) is 5.16. The van der Waals surface area contributed by atoms with E-state index in [1.54, 1.807) is 0 Å². The molecule has 1 amide bonds. The second kappa shape index (κ2) is 7.11. The number of piperidine rings is 1. The van der Waals surface area contributed by atoms with Gasteiger partial charge in [0.15, 0.2) is 0 Å². The standard InChI is InChI=1S/C17H26N2O2S/c1-2-15-14-6-10-22-16(14)5-9-19(15)17(21)11-18-7-3-13(12-20)4-8-18/h6,10,13,15,20H,2-5,7-9,11-12H2,1H3. The highest BCUT2D eigenvalue weighted by Crippen LogP contribution is 2.35. The average molecular weight is 322 g/mol. The van der Waals surface area contributed by atoms with Gasteiger partial charge in [-0.2, -0.15) is 0 Å². The lowest BCUT2D eigenvalue weighted by Gasteiger charge is -2.38. The van der Waals surface area contributed by atoms with Crippen molar-refractivity contribution in [3.8, 4) is 0 Å². The summed E-state index contributed by atoms with van der Waals surface area (Å²) >= 11 is 1.82. The molecule has 3 rings (SSSR count). The first-order chi connectivity index (χ1) is 10.7. The van der Waals surface area contributed by atoms with Gasteiger partial charge in [0, 0.05) is 18.0 Å². The number of nitrogens with zero attached hydrogens (tertiary/aromatic N) is 2. The molecule has 5 heteroatoms. The van der Waals surface area contributed by atoms with Crippen molar-refractivity contribution in [1.29, 1.82) is 0 Å². The first kappa shape index (κ1) is 16.0. The third-order valence-corrected chi connectivity index (χ3v) is 6.12. The predicted octanol–water partition coefficient (Wildman–Crippen LogP) is 2.29. The number of carbonyl (C=O) groups is 1. The zero-order valence-corrected chi connectivity index (χ0v) is 14.1. The van der Waals surface area contributed by atoms with Crippen molar-refractivity contribution in [3.63, 3.8) is 0 Å². The first-order valence-electron chi connectivity index (χ1n) is 8.41. The molecule has 1 unspecified atom stereocenters. The molecule has 3 heterocycles. The van der Waals surface area contributed by atoms with Gasteiger partial charge in [-0.05, 0) is 61.7 Å². The zero-order chi connectivity index (χ0) is 15.5. The molecular formula is C17H26N2O2S. The number of aliphatic hydroxyl groups is 1. The Balaban J connectivity index is 1.61. The Morgan fingerprint density at radius 3 is 2.82 bits per heavy atom. The summed E-state index contributed by atoms with van der Waals surface area (Å²) in [6.45, 7) is 5.72. The second-order valence-corrected chi connectivity index (χ2v) is 7.46. The van der Waals surface area contributed by atoms with Crippen LogP contribution in [0.25, 0.3) is 0 Å². The SMILES string of the molecule is CCC1c2ccsc2CCN1C(=O)CN1CCC(CO)CC1. The highest BCUT2D eigenvalue weighted by atomic mass is 32.1. The molecule has 1 fully saturated rings. The molecule has 4 nitrogen and oxygen atoms in total. The van der Waals surface area contributed by atoms with Crippen LogP contribution in [0.3, 0.4) is 0 Å². The van der Waals surface area contributed by atoms with Crippen LogP contribution in [0.2, 0.25) is 0 Å². The third-order valence-electron chi connectivity index (χ3n) is 5.13. The van der Waals surface area contributed by atoms with Crippen LogP contribution in [-0.2, 0) is 11.2 Å². The van der Waals surface area contributed by atoms with Crippen molar-refractivity contribution in [1.82, 2.24) is 9.80 Å². The number of rotatable bonds is 4.